The highest BCUT2D eigenvalue weighted by Crippen LogP contribution is 2.04. The Hall–Kier alpha value is -1.38. The lowest BCUT2D eigenvalue weighted by Crippen LogP contribution is -1.94. The fraction of sp³-hybridized carbons (Fsp3) is 0.222. The van der Waals surface area contributed by atoms with Crippen LogP contribution in [0.15, 0.2) is 29.4 Å². The van der Waals surface area contributed by atoms with Crippen molar-refractivity contribution in [1.82, 2.24) is 0 Å². The lowest BCUT2D eigenvalue weighted by Gasteiger charge is -1.98. The number of benzene rings is 1. The maximum atomic E-state index is 12.5. The average Bonchev–Trinajstić information content (AvgIpc) is 2.06. The zero-order valence-corrected chi connectivity index (χ0v) is 7.04. The van der Waals surface area contributed by atoms with Gasteiger partial charge in [-0.3, -0.25) is 0 Å². The molecular formula is C9H10FNO. The van der Waals surface area contributed by atoms with E-state index < -0.39 is 0 Å². The van der Waals surface area contributed by atoms with E-state index in [0.717, 1.165) is 11.3 Å². The first-order valence-corrected chi connectivity index (χ1v) is 3.57. The number of oxime groups is 1. The van der Waals surface area contributed by atoms with Crippen molar-refractivity contribution in [2.45, 2.75) is 6.92 Å². The molecule has 12 heavy (non-hydrogen) atoms. The molecule has 0 atom stereocenters. The molecule has 0 saturated heterocycles. The Labute approximate surface area is 70.7 Å². The Kier molecular flexibility index (Phi) is 2.80. The quantitative estimate of drug-likeness (QED) is 0.488. The molecule has 0 amide bonds. The summed E-state index contributed by atoms with van der Waals surface area (Å²) in [6.45, 7) is 1.80. The monoisotopic (exact) mass is 167 g/mol. The van der Waals surface area contributed by atoms with Crippen LogP contribution in [-0.4, -0.2) is 12.8 Å². The minimum Gasteiger partial charge on any atom is -0.399 e. The Morgan fingerprint density at radius 3 is 2.42 bits per heavy atom. The Balaban J connectivity index is 2.89. The fourth-order valence-electron chi connectivity index (χ4n) is 0.881. The van der Waals surface area contributed by atoms with E-state index in [1.165, 1.54) is 19.2 Å². The smallest absolute Gasteiger partial charge is 0.123 e. The molecule has 0 spiro atoms. The molecule has 0 aliphatic rings. The molecule has 0 heterocycles. The van der Waals surface area contributed by atoms with Crippen LogP contribution in [0, 0.1) is 5.82 Å². The molecule has 0 saturated carbocycles. The highest BCUT2D eigenvalue weighted by Gasteiger charge is 1.96. The lowest BCUT2D eigenvalue weighted by atomic mass is 10.1. The molecular weight excluding hydrogens is 157 g/mol. The Morgan fingerprint density at radius 1 is 1.33 bits per heavy atom. The van der Waals surface area contributed by atoms with Crippen LogP contribution in [0.4, 0.5) is 4.39 Å². The highest BCUT2D eigenvalue weighted by atomic mass is 19.1. The van der Waals surface area contributed by atoms with Crippen molar-refractivity contribution in [3.63, 3.8) is 0 Å². The van der Waals surface area contributed by atoms with E-state index in [0.29, 0.717) is 0 Å². The molecule has 0 aromatic heterocycles. The second-order valence-electron chi connectivity index (χ2n) is 2.37. The van der Waals surface area contributed by atoms with Gasteiger partial charge in [-0.15, -0.1) is 0 Å². The minimum absolute atomic E-state index is 0.246. The molecule has 0 bridgehead atoms. The van der Waals surface area contributed by atoms with E-state index in [-0.39, 0.29) is 5.82 Å². The van der Waals surface area contributed by atoms with E-state index in [2.05, 4.69) is 9.99 Å². The van der Waals surface area contributed by atoms with Crippen molar-refractivity contribution >= 4 is 5.71 Å². The molecule has 0 N–H and O–H groups in total. The van der Waals surface area contributed by atoms with Crippen LogP contribution in [0.25, 0.3) is 0 Å². The molecule has 0 aliphatic heterocycles. The van der Waals surface area contributed by atoms with Crippen molar-refractivity contribution in [2.24, 2.45) is 5.16 Å². The van der Waals surface area contributed by atoms with Crippen LogP contribution in [0.3, 0.4) is 0 Å². The first-order valence-electron chi connectivity index (χ1n) is 3.57. The topological polar surface area (TPSA) is 21.6 Å². The number of nitrogens with zero attached hydrogens (tertiary/aromatic N) is 1. The van der Waals surface area contributed by atoms with E-state index in [9.17, 15) is 4.39 Å². The van der Waals surface area contributed by atoms with E-state index in [1.54, 1.807) is 19.1 Å². The minimum atomic E-state index is -0.246. The average molecular weight is 167 g/mol. The van der Waals surface area contributed by atoms with E-state index in [4.69, 9.17) is 0 Å². The van der Waals surface area contributed by atoms with Crippen LogP contribution in [0.5, 0.6) is 0 Å². The van der Waals surface area contributed by atoms with Gasteiger partial charge in [-0.05, 0) is 24.6 Å². The van der Waals surface area contributed by atoms with Crippen molar-refractivity contribution in [3.8, 4) is 0 Å². The third kappa shape index (κ3) is 2.05. The molecule has 3 heteroatoms. The maximum Gasteiger partial charge on any atom is 0.123 e. The molecule has 1 aromatic rings. The van der Waals surface area contributed by atoms with Gasteiger partial charge in [0.15, 0.2) is 0 Å². The molecule has 1 rings (SSSR count). The number of halogens is 1. The summed E-state index contributed by atoms with van der Waals surface area (Å²) < 4.78 is 12.5. The second-order valence-corrected chi connectivity index (χ2v) is 2.37. The van der Waals surface area contributed by atoms with Gasteiger partial charge in [0, 0.05) is 0 Å². The molecule has 0 radical (unpaired) electrons. The van der Waals surface area contributed by atoms with Crippen LogP contribution in [-0.2, 0) is 4.84 Å². The van der Waals surface area contributed by atoms with E-state index >= 15 is 0 Å². The fourth-order valence-corrected chi connectivity index (χ4v) is 0.881. The molecule has 64 valence electrons. The first kappa shape index (κ1) is 8.71. The zero-order chi connectivity index (χ0) is 8.97. The van der Waals surface area contributed by atoms with Gasteiger partial charge in [0.05, 0.1) is 5.71 Å². The predicted molar refractivity (Wildman–Crippen MR) is 45.6 cm³/mol. The van der Waals surface area contributed by atoms with Gasteiger partial charge in [0.1, 0.15) is 12.9 Å². The molecule has 0 fully saturated rings. The standard InChI is InChI=1S/C9H10FNO/c1-7(11-12-2)8-3-5-9(10)6-4-8/h3-6H,1-2H3. The third-order valence-corrected chi connectivity index (χ3v) is 1.49. The maximum absolute atomic E-state index is 12.5. The van der Waals surface area contributed by atoms with Crippen molar-refractivity contribution in [2.75, 3.05) is 7.11 Å². The number of rotatable bonds is 2. The number of hydrogen-bond donors (Lipinski definition) is 0. The second kappa shape index (κ2) is 3.85. The summed E-state index contributed by atoms with van der Waals surface area (Å²) in [6.07, 6.45) is 0. The van der Waals surface area contributed by atoms with Gasteiger partial charge in [-0.25, -0.2) is 4.39 Å². The van der Waals surface area contributed by atoms with Crippen molar-refractivity contribution in [1.29, 1.82) is 0 Å². The molecule has 0 aliphatic carbocycles. The Bertz CT molecular complexity index is 279. The van der Waals surface area contributed by atoms with Crippen LogP contribution in [0.2, 0.25) is 0 Å². The number of hydrogen-bond acceptors (Lipinski definition) is 2. The summed E-state index contributed by atoms with van der Waals surface area (Å²) >= 11 is 0. The van der Waals surface area contributed by atoms with Gasteiger partial charge >= 0.3 is 0 Å². The van der Waals surface area contributed by atoms with Crippen LogP contribution < -0.4 is 0 Å². The van der Waals surface area contributed by atoms with E-state index in [1.807, 2.05) is 0 Å². The summed E-state index contributed by atoms with van der Waals surface area (Å²) in [5.74, 6) is -0.246. The van der Waals surface area contributed by atoms with Gasteiger partial charge < -0.3 is 4.84 Å². The molecule has 0 unspecified atom stereocenters. The van der Waals surface area contributed by atoms with Crippen LogP contribution in [0.1, 0.15) is 12.5 Å². The first-order chi connectivity index (χ1) is 5.74. The van der Waals surface area contributed by atoms with Gasteiger partial charge in [-0.1, -0.05) is 17.3 Å². The Morgan fingerprint density at radius 2 is 1.92 bits per heavy atom. The predicted octanol–water partition coefficient (Wildman–Crippen LogP) is 2.20. The third-order valence-electron chi connectivity index (χ3n) is 1.49. The summed E-state index contributed by atoms with van der Waals surface area (Å²) in [4.78, 5) is 4.58. The zero-order valence-electron chi connectivity index (χ0n) is 7.04. The van der Waals surface area contributed by atoms with Crippen LogP contribution >= 0.6 is 0 Å². The van der Waals surface area contributed by atoms with Gasteiger partial charge in [-0.2, -0.15) is 0 Å². The van der Waals surface area contributed by atoms with Gasteiger partial charge in [0.2, 0.25) is 0 Å². The summed E-state index contributed by atoms with van der Waals surface area (Å²) in [5.41, 5.74) is 1.59. The van der Waals surface area contributed by atoms with Crippen molar-refractivity contribution < 1.29 is 9.23 Å². The summed E-state index contributed by atoms with van der Waals surface area (Å²) in [5, 5.41) is 3.72. The summed E-state index contributed by atoms with van der Waals surface area (Å²) in [7, 11) is 1.48. The normalized spacial score (nSPS) is 11.4. The molecule has 1 aromatic carbocycles. The lowest BCUT2D eigenvalue weighted by molar-refractivity contribution is 0.213. The van der Waals surface area contributed by atoms with Gasteiger partial charge in [0.25, 0.3) is 0 Å². The summed E-state index contributed by atoms with van der Waals surface area (Å²) in [6, 6.07) is 6.11. The largest absolute Gasteiger partial charge is 0.399 e. The SMILES string of the molecule is CON=C(C)c1ccc(F)cc1. The molecule has 2 nitrogen and oxygen atoms in total. The van der Waals surface area contributed by atoms with Crippen molar-refractivity contribution in [3.05, 3.63) is 35.6 Å². The highest BCUT2D eigenvalue weighted by molar-refractivity contribution is 5.98.